The molecule has 1 rings (SSSR count). The first kappa shape index (κ1) is 10.9. The number of anilines is 1. The van der Waals surface area contributed by atoms with Crippen molar-refractivity contribution in [2.45, 2.75) is 46.1 Å². The Morgan fingerprint density at radius 3 is 2.79 bits per heavy atom. The second kappa shape index (κ2) is 5.57. The van der Waals surface area contributed by atoms with E-state index >= 15 is 0 Å². The lowest BCUT2D eigenvalue weighted by molar-refractivity contribution is 0.421. The number of nitrogens with zero attached hydrogens (tertiary/aromatic N) is 4. The van der Waals surface area contributed by atoms with Gasteiger partial charge in [0.25, 0.3) is 0 Å². The Hall–Kier alpha value is -1.13. The molecule has 5 heteroatoms. The molecule has 0 spiro atoms. The zero-order valence-electron chi connectivity index (χ0n) is 8.98. The Morgan fingerprint density at radius 1 is 1.43 bits per heavy atom. The maximum Gasteiger partial charge on any atom is 0.240 e. The highest BCUT2D eigenvalue weighted by Crippen LogP contribution is 2.12. The summed E-state index contributed by atoms with van der Waals surface area (Å²) in [5.74, 6) is 1.13. The van der Waals surface area contributed by atoms with Gasteiger partial charge in [0, 0.05) is 6.54 Å². The molecule has 0 aliphatic heterocycles. The van der Waals surface area contributed by atoms with Crippen molar-refractivity contribution in [2.75, 3.05) is 5.73 Å². The highest BCUT2D eigenvalue weighted by Gasteiger charge is 2.05. The van der Waals surface area contributed by atoms with E-state index in [4.69, 9.17) is 5.73 Å². The van der Waals surface area contributed by atoms with Crippen LogP contribution in [-0.2, 0) is 6.54 Å². The van der Waals surface area contributed by atoms with Crippen LogP contribution in [0.4, 0.5) is 5.95 Å². The van der Waals surface area contributed by atoms with Crippen molar-refractivity contribution in [1.82, 2.24) is 20.2 Å². The van der Waals surface area contributed by atoms with E-state index in [0.717, 1.165) is 18.9 Å². The molecule has 1 atom stereocenters. The summed E-state index contributed by atoms with van der Waals surface area (Å²) in [6.07, 6.45) is 4.93. The predicted molar refractivity (Wildman–Crippen MR) is 55.5 cm³/mol. The molecule has 1 aromatic rings. The first-order chi connectivity index (χ1) is 6.74. The number of hydrogen-bond acceptors (Lipinski definition) is 4. The molecule has 14 heavy (non-hydrogen) atoms. The average Bonchev–Trinajstić information content (AvgIpc) is 2.58. The van der Waals surface area contributed by atoms with Crippen LogP contribution in [0.15, 0.2) is 0 Å². The van der Waals surface area contributed by atoms with Crippen LogP contribution in [0.25, 0.3) is 0 Å². The molecule has 0 aliphatic carbocycles. The number of aryl methyl sites for hydroxylation is 1. The van der Waals surface area contributed by atoms with Crippen molar-refractivity contribution in [2.24, 2.45) is 5.92 Å². The summed E-state index contributed by atoms with van der Waals surface area (Å²) in [7, 11) is 0. The lowest BCUT2D eigenvalue weighted by atomic mass is 10.0. The summed E-state index contributed by atoms with van der Waals surface area (Å²) in [6, 6.07) is 0. The lowest BCUT2D eigenvalue weighted by Crippen LogP contribution is -2.08. The van der Waals surface area contributed by atoms with Crippen molar-refractivity contribution >= 4 is 5.95 Å². The number of nitrogen functional groups attached to an aromatic ring is 1. The molecule has 1 aromatic heterocycles. The molecular formula is C9H19N5. The number of nitrogens with two attached hydrogens (primary N) is 1. The first-order valence-electron chi connectivity index (χ1n) is 5.25. The van der Waals surface area contributed by atoms with E-state index in [-0.39, 0.29) is 0 Å². The van der Waals surface area contributed by atoms with Gasteiger partial charge in [-0.15, -0.1) is 0 Å². The maximum atomic E-state index is 5.55. The van der Waals surface area contributed by atoms with Gasteiger partial charge in [0.1, 0.15) is 0 Å². The van der Waals surface area contributed by atoms with E-state index in [9.17, 15) is 0 Å². The Kier molecular flexibility index (Phi) is 4.35. The molecule has 1 heterocycles. The Labute approximate surface area is 84.7 Å². The molecule has 0 saturated carbocycles. The maximum absolute atomic E-state index is 5.55. The second-order valence-corrected chi connectivity index (χ2v) is 3.80. The fourth-order valence-electron chi connectivity index (χ4n) is 1.41. The van der Waals surface area contributed by atoms with E-state index in [1.54, 1.807) is 4.68 Å². The van der Waals surface area contributed by atoms with Gasteiger partial charge in [-0.25, -0.2) is 4.68 Å². The third-order valence-corrected chi connectivity index (χ3v) is 2.44. The van der Waals surface area contributed by atoms with Crippen molar-refractivity contribution in [3.8, 4) is 0 Å². The standard InChI is InChI=1S/C9H19N5/c1-3-4-5-8(2)6-7-14-9(10)11-12-13-14/h8H,3-7H2,1-2H3,(H2,10,11,13)/t8-/m0/s1. The van der Waals surface area contributed by atoms with Crippen LogP contribution < -0.4 is 5.73 Å². The van der Waals surface area contributed by atoms with Gasteiger partial charge in [0.05, 0.1) is 0 Å². The fourth-order valence-corrected chi connectivity index (χ4v) is 1.41. The summed E-state index contributed by atoms with van der Waals surface area (Å²) in [5, 5.41) is 10.9. The van der Waals surface area contributed by atoms with Gasteiger partial charge in [-0.2, -0.15) is 0 Å². The van der Waals surface area contributed by atoms with E-state index in [0.29, 0.717) is 5.95 Å². The highest BCUT2D eigenvalue weighted by molar-refractivity contribution is 5.09. The first-order valence-corrected chi connectivity index (χ1v) is 5.25. The van der Waals surface area contributed by atoms with Crippen molar-refractivity contribution in [1.29, 1.82) is 0 Å². The van der Waals surface area contributed by atoms with Crippen molar-refractivity contribution in [3.63, 3.8) is 0 Å². The van der Waals surface area contributed by atoms with E-state index in [1.165, 1.54) is 19.3 Å². The van der Waals surface area contributed by atoms with Crippen LogP contribution in [0.3, 0.4) is 0 Å². The van der Waals surface area contributed by atoms with Gasteiger partial charge < -0.3 is 5.73 Å². The highest BCUT2D eigenvalue weighted by atomic mass is 15.6. The van der Waals surface area contributed by atoms with Gasteiger partial charge in [-0.3, -0.25) is 0 Å². The lowest BCUT2D eigenvalue weighted by Gasteiger charge is -2.09. The normalized spacial score (nSPS) is 13.0. The molecule has 0 bridgehead atoms. The summed E-state index contributed by atoms with van der Waals surface area (Å²) >= 11 is 0. The monoisotopic (exact) mass is 197 g/mol. The Morgan fingerprint density at radius 2 is 2.21 bits per heavy atom. The number of tetrazole rings is 1. The molecule has 0 amide bonds. The molecule has 0 aliphatic rings. The smallest absolute Gasteiger partial charge is 0.240 e. The minimum Gasteiger partial charge on any atom is -0.367 e. The number of rotatable bonds is 6. The van der Waals surface area contributed by atoms with Crippen LogP contribution in [0, 0.1) is 5.92 Å². The van der Waals surface area contributed by atoms with Crippen LogP contribution in [0.5, 0.6) is 0 Å². The summed E-state index contributed by atoms with van der Waals surface area (Å²) < 4.78 is 1.66. The van der Waals surface area contributed by atoms with E-state index in [1.807, 2.05) is 0 Å². The molecule has 0 aromatic carbocycles. The third kappa shape index (κ3) is 3.32. The van der Waals surface area contributed by atoms with Crippen LogP contribution in [-0.4, -0.2) is 20.2 Å². The zero-order valence-corrected chi connectivity index (χ0v) is 8.98. The minimum atomic E-state index is 0.410. The summed E-state index contributed by atoms with van der Waals surface area (Å²) in [6.45, 7) is 5.30. The number of aromatic nitrogens is 4. The van der Waals surface area contributed by atoms with Gasteiger partial charge in [-0.1, -0.05) is 38.2 Å². The Bertz CT molecular complexity index is 257. The van der Waals surface area contributed by atoms with Crippen LogP contribution >= 0.6 is 0 Å². The summed E-state index contributed by atoms with van der Waals surface area (Å²) in [5.41, 5.74) is 5.55. The van der Waals surface area contributed by atoms with Gasteiger partial charge >= 0.3 is 0 Å². The third-order valence-electron chi connectivity index (χ3n) is 2.44. The van der Waals surface area contributed by atoms with Gasteiger partial charge in [0.2, 0.25) is 5.95 Å². The van der Waals surface area contributed by atoms with Gasteiger partial charge in [0.15, 0.2) is 0 Å². The molecule has 0 fully saturated rings. The molecule has 0 unspecified atom stereocenters. The molecule has 0 saturated heterocycles. The van der Waals surface area contributed by atoms with Crippen molar-refractivity contribution in [3.05, 3.63) is 0 Å². The van der Waals surface area contributed by atoms with E-state index in [2.05, 4.69) is 29.4 Å². The number of hydrogen-bond donors (Lipinski definition) is 1. The van der Waals surface area contributed by atoms with Gasteiger partial charge in [-0.05, 0) is 22.8 Å². The molecular weight excluding hydrogens is 178 g/mol. The SMILES string of the molecule is CCCC[C@H](C)CCn1nnnc1N. The molecule has 0 radical (unpaired) electrons. The number of unbranched alkanes of at least 4 members (excludes halogenated alkanes) is 1. The topological polar surface area (TPSA) is 69.6 Å². The molecule has 5 nitrogen and oxygen atoms in total. The van der Waals surface area contributed by atoms with Crippen molar-refractivity contribution < 1.29 is 0 Å². The quantitative estimate of drug-likeness (QED) is 0.749. The second-order valence-electron chi connectivity index (χ2n) is 3.80. The summed E-state index contributed by atoms with van der Waals surface area (Å²) in [4.78, 5) is 0. The minimum absolute atomic E-state index is 0.410. The Balaban J connectivity index is 2.23. The van der Waals surface area contributed by atoms with E-state index < -0.39 is 0 Å². The predicted octanol–water partition coefficient (Wildman–Crippen LogP) is 1.47. The molecule has 80 valence electrons. The van der Waals surface area contributed by atoms with Crippen LogP contribution in [0.1, 0.15) is 39.5 Å². The zero-order chi connectivity index (χ0) is 10.4. The largest absolute Gasteiger partial charge is 0.367 e. The fraction of sp³-hybridized carbons (Fsp3) is 0.889. The molecule has 2 N–H and O–H groups in total. The van der Waals surface area contributed by atoms with Crippen LogP contribution in [0.2, 0.25) is 0 Å². The average molecular weight is 197 g/mol.